The fourth-order valence-electron chi connectivity index (χ4n) is 15.0. The SMILES string of the molecule is CCC1CC(C(=O)CCCNC(=O)[C@@H](CCc2ccc(C)c(C)c2C)[C@@H]2OC(CO)[C@H](O)C(n3cc(-c4cc(C)c(C)c(C)c4)nn3)[C@H]2OC)C[C@@H](O[C@@H]2O[C@@H](CO)[C@H](O)C(O[C@@H](CC3CCCCC3)C(=O)N3CCC3)C2NC(C)=O)[C@@H]1OC1O[C@@H](C)[C@H](O)C(O)[C@@H]1O. The molecule has 24 heteroatoms. The molecule has 6 fully saturated rings. The van der Waals surface area contributed by atoms with Crippen LogP contribution < -0.4 is 10.6 Å². The molecule has 0 spiro atoms. The second-order valence-corrected chi connectivity index (χ2v) is 27.4. The van der Waals surface area contributed by atoms with Crippen molar-refractivity contribution in [3.05, 3.63) is 69.4 Å². The molecule has 24 nitrogen and oxygen atoms in total. The smallest absolute Gasteiger partial charge is 0.251 e. The number of Topliss-reactive ketones (excluding diaryl/α,β-unsaturated/α-hetero) is 1. The van der Waals surface area contributed by atoms with Crippen LogP contribution >= 0.6 is 0 Å². The number of carbonyl (C=O) groups excluding carboxylic acids is 4. The molecule has 8 unspecified atom stereocenters. The summed E-state index contributed by atoms with van der Waals surface area (Å²) in [6.07, 6.45) is -10.6. The van der Waals surface area contributed by atoms with Crippen LogP contribution in [-0.4, -0.2) is 223 Å². The third-order valence-corrected chi connectivity index (χ3v) is 21.3. The molecule has 4 saturated heterocycles. The topological polar surface area (TPSA) is 333 Å². The number of aryl methyl sites for hydroxylation is 4. The van der Waals surface area contributed by atoms with E-state index in [0.717, 1.165) is 83.0 Å². The number of likely N-dealkylation sites (tertiary alicyclic amines) is 1. The third kappa shape index (κ3) is 16.6. The summed E-state index contributed by atoms with van der Waals surface area (Å²) in [5.74, 6) is -3.15. The minimum atomic E-state index is -1.69. The van der Waals surface area contributed by atoms with Gasteiger partial charge < -0.3 is 84.4 Å². The van der Waals surface area contributed by atoms with Crippen molar-refractivity contribution in [2.45, 2.75) is 262 Å². The normalized spacial score (nSPS) is 33.3. The van der Waals surface area contributed by atoms with Crippen LogP contribution in [0.4, 0.5) is 0 Å². The summed E-state index contributed by atoms with van der Waals surface area (Å²) in [5.41, 5.74) is 9.14. The molecule has 5 heterocycles. The Hall–Kier alpha value is -4.90. The zero-order chi connectivity index (χ0) is 67.1. The number of ether oxygens (including phenoxy) is 7. The Labute approximate surface area is 546 Å². The lowest BCUT2D eigenvalue weighted by Crippen LogP contribution is -2.67. The average molecular weight is 1310 g/mol. The van der Waals surface area contributed by atoms with Crippen LogP contribution in [0.1, 0.15) is 149 Å². The molecular formula is C69H104N6O18. The molecule has 2 saturated carbocycles. The Bertz CT molecular complexity index is 2970. The number of ketones is 1. The van der Waals surface area contributed by atoms with Gasteiger partial charge in [0.15, 0.2) is 12.6 Å². The number of hydrogen-bond acceptors (Lipinski definition) is 20. The van der Waals surface area contributed by atoms with Gasteiger partial charge in [-0.1, -0.05) is 62.8 Å². The van der Waals surface area contributed by atoms with E-state index in [-0.39, 0.29) is 62.2 Å². The van der Waals surface area contributed by atoms with Gasteiger partial charge in [0.2, 0.25) is 11.8 Å². The molecule has 518 valence electrons. The number of nitrogens with zero attached hydrogens (tertiary/aromatic N) is 4. The van der Waals surface area contributed by atoms with E-state index >= 15 is 4.79 Å². The number of hydrogen-bond donors (Lipinski definition) is 9. The minimum absolute atomic E-state index is 0.00614. The van der Waals surface area contributed by atoms with Crippen molar-refractivity contribution in [1.29, 1.82) is 0 Å². The average Bonchev–Trinajstić information content (AvgIpc) is 1.73. The van der Waals surface area contributed by atoms with Gasteiger partial charge in [-0.2, -0.15) is 0 Å². The van der Waals surface area contributed by atoms with E-state index in [1.54, 1.807) is 11.1 Å². The monoisotopic (exact) mass is 1300 g/mol. The maximum atomic E-state index is 15.0. The summed E-state index contributed by atoms with van der Waals surface area (Å²) < 4.78 is 46.9. The number of aromatic nitrogens is 3. The third-order valence-electron chi connectivity index (χ3n) is 21.3. The zero-order valence-electron chi connectivity index (χ0n) is 55.9. The van der Waals surface area contributed by atoms with E-state index in [1.165, 1.54) is 25.6 Å². The summed E-state index contributed by atoms with van der Waals surface area (Å²) in [4.78, 5) is 59.0. The number of carbonyl (C=O) groups is 4. The van der Waals surface area contributed by atoms with E-state index < -0.39 is 147 Å². The molecule has 93 heavy (non-hydrogen) atoms. The first kappa shape index (κ1) is 72.4. The first-order valence-electron chi connectivity index (χ1n) is 34.0. The molecule has 2 aromatic carbocycles. The van der Waals surface area contributed by atoms with Gasteiger partial charge in [-0.15, -0.1) is 5.10 Å². The van der Waals surface area contributed by atoms with Gasteiger partial charge in [-0.3, -0.25) is 19.2 Å². The zero-order valence-corrected chi connectivity index (χ0v) is 55.9. The highest BCUT2D eigenvalue weighted by Gasteiger charge is 2.55. The number of methoxy groups -OCH3 is 1. The molecule has 9 N–H and O–H groups in total. The van der Waals surface area contributed by atoms with Crippen molar-refractivity contribution < 1.29 is 88.1 Å². The molecule has 3 amide bonds. The summed E-state index contributed by atoms with van der Waals surface area (Å²) in [6, 6.07) is 5.97. The number of aliphatic hydroxyl groups is 7. The molecule has 4 aliphatic heterocycles. The van der Waals surface area contributed by atoms with E-state index in [9.17, 15) is 50.1 Å². The van der Waals surface area contributed by atoms with Crippen LogP contribution in [0.2, 0.25) is 0 Å². The van der Waals surface area contributed by atoms with Crippen molar-refractivity contribution in [3.8, 4) is 11.3 Å². The van der Waals surface area contributed by atoms with Crippen molar-refractivity contribution in [2.75, 3.05) is 40.0 Å². The van der Waals surface area contributed by atoms with E-state index in [0.29, 0.717) is 38.0 Å². The largest absolute Gasteiger partial charge is 0.394 e. The van der Waals surface area contributed by atoms with Crippen LogP contribution in [0, 0.1) is 65.2 Å². The quantitative estimate of drug-likeness (QED) is 0.0517. The number of nitrogens with one attached hydrogen (secondary N) is 2. The highest BCUT2D eigenvalue weighted by molar-refractivity contribution is 5.82. The lowest BCUT2D eigenvalue weighted by atomic mass is 9.74. The van der Waals surface area contributed by atoms with Crippen molar-refractivity contribution in [1.82, 2.24) is 30.5 Å². The fraction of sp³-hybridized carbons (Fsp3) is 0.739. The maximum absolute atomic E-state index is 15.0. The second kappa shape index (κ2) is 32.4. The molecule has 6 aliphatic rings. The first-order valence-corrected chi connectivity index (χ1v) is 34.0. The fourth-order valence-corrected chi connectivity index (χ4v) is 15.0. The molecule has 21 atom stereocenters. The van der Waals surface area contributed by atoms with Gasteiger partial charge in [-0.05, 0) is 156 Å². The lowest BCUT2D eigenvalue weighted by molar-refractivity contribution is -0.338. The highest BCUT2D eigenvalue weighted by atomic mass is 16.7. The van der Waals surface area contributed by atoms with Gasteiger partial charge in [-0.25, -0.2) is 4.68 Å². The van der Waals surface area contributed by atoms with Crippen molar-refractivity contribution in [3.63, 3.8) is 0 Å². The molecular weight excluding hydrogens is 1200 g/mol. The number of aliphatic hydroxyl groups excluding tert-OH is 7. The lowest BCUT2D eigenvalue weighted by Gasteiger charge is -2.49. The van der Waals surface area contributed by atoms with Crippen LogP contribution in [-0.2, 0) is 58.8 Å². The van der Waals surface area contributed by atoms with Crippen molar-refractivity contribution in [2.24, 2.45) is 23.7 Å². The number of rotatable bonds is 26. The Morgan fingerprint density at radius 2 is 1.46 bits per heavy atom. The second-order valence-electron chi connectivity index (χ2n) is 27.4. The van der Waals surface area contributed by atoms with Crippen molar-refractivity contribution >= 4 is 23.5 Å². The Balaban J connectivity index is 0.953. The Morgan fingerprint density at radius 1 is 0.763 bits per heavy atom. The predicted octanol–water partition coefficient (Wildman–Crippen LogP) is 3.76. The molecule has 0 bridgehead atoms. The number of amides is 3. The van der Waals surface area contributed by atoms with Gasteiger partial charge in [0.1, 0.15) is 84.6 Å². The van der Waals surface area contributed by atoms with Crippen LogP contribution in [0.3, 0.4) is 0 Å². The van der Waals surface area contributed by atoms with Gasteiger partial charge in [0.25, 0.3) is 5.91 Å². The number of benzene rings is 2. The van der Waals surface area contributed by atoms with Gasteiger partial charge in [0, 0.05) is 51.6 Å². The summed E-state index contributed by atoms with van der Waals surface area (Å²) in [5, 5.41) is 93.3. The first-order chi connectivity index (χ1) is 44.5. The molecule has 1 aromatic heterocycles. The molecule has 2 aliphatic carbocycles. The molecule has 9 rings (SSSR count). The van der Waals surface area contributed by atoms with E-state index in [2.05, 4.69) is 53.8 Å². The molecule has 0 radical (unpaired) electrons. The summed E-state index contributed by atoms with van der Waals surface area (Å²) in [7, 11) is 1.48. The van der Waals surface area contributed by atoms with Crippen LogP contribution in [0.15, 0.2) is 30.5 Å². The van der Waals surface area contributed by atoms with Gasteiger partial charge >= 0.3 is 0 Å². The van der Waals surface area contributed by atoms with Crippen LogP contribution in [0.25, 0.3) is 11.3 Å². The summed E-state index contributed by atoms with van der Waals surface area (Å²) in [6.45, 7) is 16.9. The predicted molar refractivity (Wildman–Crippen MR) is 340 cm³/mol. The van der Waals surface area contributed by atoms with Crippen LogP contribution in [0.5, 0.6) is 0 Å². The minimum Gasteiger partial charge on any atom is -0.394 e. The summed E-state index contributed by atoms with van der Waals surface area (Å²) >= 11 is 0. The molecule has 3 aromatic rings. The van der Waals surface area contributed by atoms with E-state index in [1.807, 2.05) is 39.8 Å². The standard InChI is InChI=1S/C69H104N6O18/c1-11-44-30-47(31-51(62(44)93-69-61(84)60(83)57(80)41(8)88-69)91-68-55(71-42(9)78)64(59(82)54(34-77)92-68)89-52(67(86)74-25-16-26-74)29-43-17-13-12-14-18-43)50(79)19-15-24-70-66(85)48(23-22-45-21-20-35(2)39(6)40(45)7)63-65(87-10)56(58(81)53(33-76)90-63)75-32-49(72-73-75)46-27-36(3)38(5)37(4)28-46/h20-21,27-28,32,41,43-44,47-48,51-65,68-69,76-77,80-84H,11-19,22-26,29-31,33-34H2,1-10H3,(H,70,85)(H,71,78)/t41-,44?,47?,48-,51+,52-,53?,54-,55?,56?,57-,58-,59-,60?,61-,62+,63-,64?,65+,68+,69?/m0/s1. The highest BCUT2D eigenvalue weighted by Crippen LogP contribution is 2.42. The van der Waals surface area contributed by atoms with Gasteiger partial charge in [0.05, 0.1) is 49.7 Å². The Morgan fingerprint density at radius 3 is 2.11 bits per heavy atom. The maximum Gasteiger partial charge on any atom is 0.251 e. The van der Waals surface area contributed by atoms with E-state index in [4.69, 9.17) is 33.2 Å². The Kier molecular flexibility index (Phi) is 25.2.